The van der Waals surface area contributed by atoms with Crippen LogP contribution in [0, 0.1) is 0 Å². The van der Waals surface area contributed by atoms with Gasteiger partial charge in [0, 0.05) is 0 Å². The predicted octanol–water partition coefficient (Wildman–Crippen LogP) is 9.59. The van der Waals surface area contributed by atoms with E-state index in [0.717, 1.165) is 51.4 Å². The van der Waals surface area contributed by atoms with Crippen LogP contribution in [0.4, 0.5) is 0 Å². The molecule has 1 heteroatoms. The molecule has 0 radical (unpaired) electrons. The third-order valence-electron chi connectivity index (χ3n) is 5.96. The standard InChI is InChI=1S/C30H48O/c1-24(2)14-11-17-27(5)20-12-18-25(3)15-9-10-16-26(4)19-13-21-28(6)22-23-29-30(7,8)31-29/h12,14-16,20-21,29H,5,9-11,13,17-19,22-23H2,1-4,6-8H3/b20-12+,25-15+,26-16+,28-21+. The molecule has 1 saturated heterocycles. The molecule has 0 aromatic rings. The lowest BCUT2D eigenvalue weighted by Crippen LogP contribution is -2.02. The van der Waals surface area contributed by atoms with Crippen LogP contribution in [0.3, 0.4) is 0 Å². The summed E-state index contributed by atoms with van der Waals surface area (Å²) in [5.74, 6) is 0. The molecule has 0 aliphatic carbocycles. The first-order valence-electron chi connectivity index (χ1n) is 12.2. The van der Waals surface area contributed by atoms with Gasteiger partial charge in [-0.25, -0.2) is 0 Å². The molecule has 31 heavy (non-hydrogen) atoms. The molecule has 0 aromatic heterocycles. The molecule has 0 aromatic carbocycles. The summed E-state index contributed by atoms with van der Waals surface area (Å²) in [4.78, 5) is 0. The average molecular weight is 425 g/mol. The van der Waals surface area contributed by atoms with E-state index in [9.17, 15) is 0 Å². The lowest BCUT2D eigenvalue weighted by molar-refractivity contribution is 0.320. The lowest BCUT2D eigenvalue weighted by atomic mass is 10.0. The Labute approximate surface area is 193 Å². The summed E-state index contributed by atoms with van der Waals surface area (Å²) in [7, 11) is 0. The maximum Gasteiger partial charge on any atom is 0.0892 e. The average Bonchev–Trinajstić information content (AvgIpc) is 3.30. The first-order valence-corrected chi connectivity index (χ1v) is 12.2. The second kappa shape index (κ2) is 14.5. The number of hydrogen-bond donors (Lipinski definition) is 0. The van der Waals surface area contributed by atoms with Crippen molar-refractivity contribution in [3.05, 3.63) is 70.9 Å². The van der Waals surface area contributed by atoms with Gasteiger partial charge >= 0.3 is 0 Å². The van der Waals surface area contributed by atoms with E-state index in [4.69, 9.17) is 4.74 Å². The highest BCUT2D eigenvalue weighted by atomic mass is 16.6. The van der Waals surface area contributed by atoms with Crippen LogP contribution in [0.2, 0.25) is 0 Å². The van der Waals surface area contributed by atoms with Crippen LogP contribution in [-0.4, -0.2) is 11.7 Å². The van der Waals surface area contributed by atoms with E-state index in [0.29, 0.717) is 6.10 Å². The van der Waals surface area contributed by atoms with Gasteiger partial charge in [0.15, 0.2) is 0 Å². The van der Waals surface area contributed by atoms with E-state index in [1.165, 1.54) is 34.3 Å². The second-order valence-electron chi connectivity index (χ2n) is 10.1. The molecular formula is C30H48O. The Morgan fingerprint density at radius 2 is 1.32 bits per heavy atom. The highest BCUT2D eigenvalue weighted by Gasteiger charge is 2.46. The minimum atomic E-state index is 0.128. The van der Waals surface area contributed by atoms with Crippen LogP contribution < -0.4 is 0 Å². The van der Waals surface area contributed by atoms with Crippen molar-refractivity contribution >= 4 is 0 Å². The van der Waals surface area contributed by atoms with Gasteiger partial charge in [-0.05, 0) is 106 Å². The quantitative estimate of drug-likeness (QED) is 0.110. The van der Waals surface area contributed by atoms with Gasteiger partial charge < -0.3 is 4.74 Å². The maximum absolute atomic E-state index is 5.67. The Bertz CT molecular complexity index is 705. The van der Waals surface area contributed by atoms with Crippen molar-refractivity contribution in [2.24, 2.45) is 0 Å². The van der Waals surface area contributed by atoms with Gasteiger partial charge in [0.05, 0.1) is 11.7 Å². The number of ether oxygens (including phenoxy) is 1. The van der Waals surface area contributed by atoms with Gasteiger partial charge in [0.2, 0.25) is 0 Å². The zero-order chi connectivity index (χ0) is 23.3. The normalized spacial score (nSPS) is 19.1. The monoisotopic (exact) mass is 424 g/mol. The molecule has 0 amide bonds. The summed E-state index contributed by atoms with van der Waals surface area (Å²) < 4.78 is 5.67. The molecule has 1 heterocycles. The van der Waals surface area contributed by atoms with Crippen LogP contribution in [0.15, 0.2) is 70.9 Å². The van der Waals surface area contributed by atoms with E-state index in [2.05, 4.69) is 91.5 Å². The fourth-order valence-corrected chi connectivity index (χ4v) is 3.63. The zero-order valence-electron chi connectivity index (χ0n) is 21.5. The van der Waals surface area contributed by atoms with Crippen LogP contribution in [-0.2, 0) is 4.74 Å². The van der Waals surface area contributed by atoms with Gasteiger partial charge in [-0.15, -0.1) is 0 Å². The second-order valence-corrected chi connectivity index (χ2v) is 10.1. The lowest BCUT2D eigenvalue weighted by Gasteiger charge is -2.02. The minimum Gasteiger partial charge on any atom is -0.367 e. The predicted molar refractivity (Wildman–Crippen MR) is 139 cm³/mol. The Morgan fingerprint density at radius 3 is 1.94 bits per heavy atom. The van der Waals surface area contributed by atoms with E-state index in [1.807, 2.05) is 0 Å². The molecule has 1 fully saturated rings. The van der Waals surface area contributed by atoms with Gasteiger partial charge in [-0.3, -0.25) is 0 Å². The molecule has 1 rings (SSSR count). The zero-order valence-corrected chi connectivity index (χ0v) is 21.5. The number of hydrogen-bond acceptors (Lipinski definition) is 1. The molecule has 1 aliphatic rings. The molecule has 1 aliphatic heterocycles. The SMILES string of the molecule is C=C(/C=C/C/C(C)=C/CC/C=C(\C)CC/C=C(\C)CCC1OC1(C)C)CCC=C(C)C. The van der Waals surface area contributed by atoms with E-state index in [-0.39, 0.29) is 5.60 Å². The summed E-state index contributed by atoms with van der Waals surface area (Å²) in [6, 6.07) is 0. The van der Waals surface area contributed by atoms with Crippen molar-refractivity contribution in [1.29, 1.82) is 0 Å². The highest BCUT2D eigenvalue weighted by Crippen LogP contribution is 2.38. The summed E-state index contributed by atoms with van der Waals surface area (Å²) >= 11 is 0. The number of epoxide rings is 1. The molecule has 1 atom stereocenters. The van der Waals surface area contributed by atoms with Crippen LogP contribution >= 0.6 is 0 Å². The largest absolute Gasteiger partial charge is 0.367 e. The van der Waals surface area contributed by atoms with Crippen molar-refractivity contribution in [2.45, 2.75) is 118 Å². The van der Waals surface area contributed by atoms with Crippen LogP contribution in [0.5, 0.6) is 0 Å². The highest BCUT2D eigenvalue weighted by molar-refractivity contribution is 5.18. The molecule has 0 N–H and O–H groups in total. The maximum atomic E-state index is 5.67. The Morgan fingerprint density at radius 1 is 0.774 bits per heavy atom. The Hall–Kier alpha value is -1.60. The smallest absolute Gasteiger partial charge is 0.0892 e. The van der Waals surface area contributed by atoms with Crippen molar-refractivity contribution in [3.63, 3.8) is 0 Å². The van der Waals surface area contributed by atoms with Crippen molar-refractivity contribution in [2.75, 3.05) is 0 Å². The topological polar surface area (TPSA) is 12.5 Å². The third-order valence-corrected chi connectivity index (χ3v) is 5.96. The summed E-state index contributed by atoms with van der Waals surface area (Å²) in [6.45, 7) is 19.6. The van der Waals surface area contributed by atoms with Gasteiger partial charge in [-0.1, -0.05) is 70.9 Å². The Balaban J connectivity index is 2.17. The first-order chi connectivity index (χ1) is 14.6. The molecule has 174 valence electrons. The van der Waals surface area contributed by atoms with Crippen molar-refractivity contribution < 1.29 is 4.74 Å². The molecule has 1 unspecified atom stereocenters. The number of allylic oxidation sites excluding steroid dienone is 11. The van der Waals surface area contributed by atoms with Gasteiger partial charge in [-0.2, -0.15) is 0 Å². The van der Waals surface area contributed by atoms with Crippen LogP contribution in [0.1, 0.15) is 106 Å². The first kappa shape index (κ1) is 27.4. The van der Waals surface area contributed by atoms with E-state index < -0.39 is 0 Å². The molecule has 1 nitrogen and oxygen atoms in total. The van der Waals surface area contributed by atoms with E-state index >= 15 is 0 Å². The van der Waals surface area contributed by atoms with Crippen molar-refractivity contribution in [3.8, 4) is 0 Å². The number of unbranched alkanes of at least 4 members (excludes halogenated alkanes) is 1. The minimum absolute atomic E-state index is 0.128. The summed E-state index contributed by atoms with van der Waals surface area (Å²) in [6.07, 6.45) is 24.5. The van der Waals surface area contributed by atoms with Gasteiger partial charge in [0.25, 0.3) is 0 Å². The summed E-state index contributed by atoms with van der Waals surface area (Å²) in [5, 5.41) is 0. The molecular weight excluding hydrogens is 376 g/mol. The fourth-order valence-electron chi connectivity index (χ4n) is 3.63. The van der Waals surface area contributed by atoms with Gasteiger partial charge in [0.1, 0.15) is 0 Å². The molecule has 0 spiro atoms. The van der Waals surface area contributed by atoms with Crippen LogP contribution in [0.25, 0.3) is 0 Å². The summed E-state index contributed by atoms with van der Waals surface area (Å²) in [5.41, 5.74) is 7.19. The number of rotatable bonds is 15. The third kappa shape index (κ3) is 14.2. The Kier molecular flexibility index (Phi) is 12.8. The van der Waals surface area contributed by atoms with Crippen molar-refractivity contribution in [1.82, 2.24) is 0 Å². The molecule has 0 saturated carbocycles. The van der Waals surface area contributed by atoms with E-state index in [1.54, 1.807) is 0 Å². The fraction of sp³-hybridized carbons (Fsp3) is 0.600. The molecule has 0 bridgehead atoms.